The Hall–Kier alpha value is -3.15. The molecule has 0 bridgehead atoms. The minimum atomic E-state index is -0.349. The lowest BCUT2D eigenvalue weighted by molar-refractivity contribution is -0.123. The average Bonchev–Trinajstić information content (AvgIpc) is 2.65. The van der Waals surface area contributed by atoms with Crippen LogP contribution >= 0.6 is 0 Å². The van der Waals surface area contributed by atoms with E-state index >= 15 is 0 Å². The van der Waals surface area contributed by atoms with Gasteiger partial charge in [-0.05, 0) is 64.1 Å². The molecule has 0 saturated carbocycles. The van der Waals surface area contributed by atoms with E-state index in [1.165, 1.54) is 4.90 Å². The van der Waals surface area contributed by atoms with E-state index in [2.05, 4.69) is 10.6 Å². The lowest BCUT2D eigenvalue weighted by Gasteiger charge is -2.25. The van der Waals surface area contributed by atoms with Crippen molar-refractivity contribution in [1.82, 2.24) is 10.2 Å². The number of hydrogen-bond acceptors (Lipinski definition) is 3. The molecule has 28 heavy (non-hydrogen) atoms. The number of carbonyl (C=O) groups is 3. The van der Waals surface area contributed by atoms with Crippen molar-refractivity contribution in [3.8, 4) is 0 Å². The summed E-state index contributed by atoms with van der Waals surface area (Å²) >= 11 is 0. The van der Waals surface area contributed by atoms with Crippen LogP contribution in [0.1, 0.15) is 48.4 Å². The molecule has 0 aliphatic rings. The summed E-state index contributed by atoms with van der Waals surface area (Å²) in [6.45, 7) is 7.93. The highest BCUT2D eigenvalue weighted by atomic mass is 16.2. The van der Waals surface area contributed by atoms with Gasteiger partial charge in [0.1, 0.15) is 0 Å². The molecule has 148 valence electrons. The van der Waals surface area contributed by atoms with Crippen molar-refractivity contribution >= 4 is 23.4 Å². The number of anilines is 1. The summed E-state index contributed by atoms with van der Waals surface area (Å²) < 4.78 is 0. The second kappa shape index (κ2) is 9.17. The normalized spacial score (nSPS) is 10.9. The van der Waals surface area contributed by atoms with Crippen molar-refractivity contribution in [1.29, 1.82) is 0 Å². The van der Waals surface area contributed by atoms with E-state index in [0.29, 0.717) is 23.4 Å². The molecule has 2 aromatic rings. The third-order valence-electron chi connectivity index (χ3n) is 3.94. The van der Waals surface area contributed by atoms with E-state index in [4.69, 9.17) is 0 Å². The zero-order valence-corrected chi connectivity index (χ0v) is 16.8. The molecule has 0 heterocycles. The summed E-state index contributed by atoms with van der Waals surface area (Å²) in [6, 6.07) is 15.6. The van der Waals surface area contributed by atoms with Crippen molar-refractivity contribution < 1.29 is 14.4 Å². The summed E-state index contributed by atoms with van der Waals surface area (Å²) in [5.74, 6) is -0.643. The van der Waals surface area contributed by atoms with Gasteiger partial charge >= 0.3 is 0 Å². The maximum atomic E-state index is 12.7. The molecule has 0 aliphatic carbocycles. The van der Waals surface area contributed by atoms with Gasteiger partial charge in [0, 0.05) is 28.9 Å². The molecule has 0 spiro atoms. The van der Waals surface area contributed by atoms with Crippen molar-refractivity contribution in [2.24, 2.45) is 0 Å². The Kier molecular flexibility index (Phi) is 6.93. The van der Waals surface area contributed by atoms with Gasteiger partial charge in [0.25, 0.3) is 11.8 Å². The van der Waals surface area contributed by atoms with E-state index in [1.54, 1.807) is 48.5 Å². The first-order valence-corrected chi connectivity index (χ1v) is 9.26. The summed E-state index contributed by atoms with van der Waals surface area (Å²) in [5, 5.41) is 5.65. The maximum absolute atomic E-state index is 12.7. The van der Waals surface area contributed by atoms with Crippen molar-refractivity contribution in [2.75, 3.05) is 18.4 Å². The Morgan fingerprint density at radius 2 is 1.50 bits per heavy atom. The van der Waals surface area contributed by atoms with Gasteiger partial charge in [0.05, 0.1) is 6.54 Å². The van der Waals surface area contributed by atoms with Crippen LogP contribution in [-0.2, 0) is 4.79 Å². The predicted octanol–water partition coefficient (Wildman–Crippen LogP) is 3.32. The van der Waals surface area contributed by atoms with Crippen molar-refractivity contribution in [2.45, 2.75) is 33.2 Å². The minimum Gasteiger partial charge on any atom is -0.350 e. The van der Waals surface area contributed by atoms with Crippen LogP contribution in [0.2, 0.25) is 0 Å². The number of hydrogen-bond donors (Lipinski definition) is 2. The Bertz CT molecular complexity index is 824. The van der Waals surface area contributed by atoms with Gasteiger partial charge in [-0.2, -0.15) is 0 Å². The maximum Gasteiger partial charge on any atom is 0.255 e. The van der Waals surface area contributed by atoms with Crippen LogP contribution in [0.3, 0.4) is 0 Å². The number of nitrogens with one attached hydrogen (secondary N) is 2. The summed E-state index contributed by atoms with van der Waals surface area (Å²) in [7, 11) is 0. The summed E-state index contributed by atoms with van der Waals surface area (Å²) in [4.78, 5) is 38.5. The standard InChI is InChI=1S/C22H27N3O3/c1-5-25(15-19(26)24-22(2,3)4)21(28)17-11-13-18(14-12-17)23-20(27)16-9-7-6-8-10-16/h6-14H,5,15H2,1-4H3,(H,23,27)(H,24,26). The first-order valence-electron chi connectivity index (χ1n) is 9.26. The van der Waals surface area contributed by atoms with Gasteiger partial charge in [-0.25, -0.2) is 0 Å². The highest BCUT2D eigenvalue weighted by Crippen LogP contribution is 2.13. The number of nitrogens with zero attached hydrogens (tertiary/aromatic N) is 1. The second-order valence-corrected chi connectivity index (χ2v) is 7.52. The minimum absolute atomic E-state index is 0.000895. The fourth-order valence-corrected chi connectivity index (χ4v) is 2.63. The van der Waals surface area contributed by atoms with Crippen LogP contribution in [0.25, 0.3) is 0 Å². The van der Waals surface area contributed by atoms with Gasteiger partial charge in [-0.15, -0.1) is 0 Å². The topological polar surface area (TPSA) is 78.5 Å². The fraction of sp³-hybridized carbons (Fsp3) is 0.318. The fourth-order valence-electron chi connectivity index (χ4n) is 2.63. The Labute approximate surface area is 165 Å². The zero-order valence-electron chi connectivity index (χ0n) is 16.8. The molecule has 0 radical (unpaired) electrons. The number of rotatable bonds is 6. The molecule has 0 fully saturated rings. The quantitative estimate of drug-likeness (QED) is 0.806. The SMILES string of the molecule is CCN(CC(=O)NC(C)(C)C)C(=O)c1ccc(NC(=O)c2ccccc2)cc1. The van der Waals surface area contributed by atoms with E-state index in [0.717, 1.165) is 0 Å². The second-order valence-electron chi connectivity index (χ2n) is 7.52. The molecule has 2 rings (SSSR count). The van der Waals surface area contributed by atoms with E-state index in [1.807, 2.05) is 33.8 Å². The van der Waals surface area contributed by atoms with Gasteiger partial charge in [-0.3, -0.25) is 14.4 Å². The van der Waals surface area contributed by atoms with Gasteiger partial charge in [0.15, 0.2) is 0 Å². The molecule has 6 nitrogen and oxygen atoms in total. The van der Waals surface area contributed by atoms with Crippen LogP contribution in [0, 0.1) is 0 Å². The lowest BCUT2D eigenvalue weighted by atomic mass is 10.1. The highest BCUT2D eigenvalue weighted by molar-refractivity contribution is 6.04. The van der Waals surface area contributed by atoms with Gasteiger partial charge in [-0.1, -0.05) is 18.2 Å². The number of likely N-dealkylation sites (N-methyl/N-ethyl adjacent to an activating group) is 1. The Morgan fingerprint density at radius 3 is 2.04 bits per heavy atom. The predicted molar refractivity (Wildman–Crippen MR) is 110 cm³/mol. The number of carbonyl (C=O) groups excluding carboxylic acids is 3. The summed E-state index contributed by atoms with van der Waals surface area (Å²) in [5.41, 5.74) is 1.27. The molecule has 6 heteroatoms. The molecule has 2 N–H and O–H groups in total. The molecule has 0 unspecified atom stereocenters. The van der Waals surface area contributed by atoms with Gasteiger partial charge < -0.3 is 15.5 Å². The smallest absolute Gasteiger partial charge is 0.255 e. The first kappa shape index (κ1) is 21.2. The largest absolute Gasteiger partial charge is 0.350 e. The molecule has 0 atom stereocenters. The molecule has 0 aliphatic heterocycles. The molecule has 0 aromatic heterocycles. The van der Waals surface area contributed by atoms with Crippen LogP contribution < -0.4 is 10.6 Å². The van der Waals surface area contributed by atoms with Gasteiger partial charge in [0.2, 0.25) is 5.91 Å². The van der Waals surface area contributed by atoms with Crippen LogP contribution in [0.5, 0.6) is 0 Å². The van der Waals surface area contributed by atoms with E-state index < -0.39 is 0 Å². The summed E-state index contributed by atoms with van der Waals surface area (Å²) in [6.07, 6.45) is 0. The van der Waals surface area contributed by atoms with E-state index in [9.17, 15) is 14.4 Å². The van der Waals surface area contributed by atoms with Crippen LogP contribution in [-0.4, -0.2) is 41.2 Å². The van der Waals surface area contributed by atoms with E-state index in [-0.39, 0.29) is 29.8 Å². The van der Waals surface area contributed by atoms with Crippen molar-refractivity contribution in [3.05, 3.63) is 65.7 Å². The monoisotopic (exact) mass is 381 g/mol. The Morgan fingerprint density at radius 1 is 0.893 bits per heavy atom. The zero-order chi connectivity index (χ0) is 20.7. The number of benzene rings is 2. The Balaban J connectivity index is 2.01. The third kappa shape index (κ3) is 6.23. The lowest BCUT2D eigenvalue weighted by Crippen LogP contribution is -2.47. The molecular weight excluding hydrogens is 354 g/mol. The van der Waals surface area contributed by atoms with Crippen LogP contribution in [0.15, 0.2) is 54.6 Å². The average molecular weight is 381 g/mol. The van der Waals surface area contributed by atoms with Crippen LogP contribution in [0.4, 0.5) is 5.69 Å². The molecule has 0 saturated heterocycles. The van der Waals surface area contributed by atoms with Crippen molar-refractivity contribution in [3.63, 3.8) is 0 Å². The number of amides is 3. The highest BCUT2D eigenvalue weighted by Gasteiger charge is 2.20. The molecule has 3 amide bonds. The first-order chi connectivity index (χ1) is 13.2. The molecular formula is C22H27N3O3. The third-order valence-corrected chi connectivity index (χ3v) is 3.94. The molecule has 2 aromatic carbocycles.